The quantitative estimate of drug-likeness (QED) is 0.594. The molecule has 0 fully saturated rings. The van der Waals surface area contributed by atoms with E-state index in [1.807, 2.05) is 79.5 Å². The lowest BCUT2D eigenvalue weighted by molar-refractivity contribution is -0.138. The number of aryl methyl sites for hydroxylation is 1. The summed E-state index contributed by atoms with van der Waals surface area (Å²) >= 11 is 0. The van der Waals surface area contributed by atoms with Crippen molar-refractivity contribution >= 4 is 17.4 Å². The standard InChI is InChI=1S/C25H23N3O2/c1-18-10-12-21(13-11-18)22-23(27(2)16-19-7-4-3-5-8-19)25(30)28(24(22)29)17-20-9-6-14-26-15-20/h3-15H,16-17H2,1-2H3. The van der Waals surface area contributed by atoms with Gasteiger partial charge in [0.05, 0.1) is 12.1 Å². The van der Waals surface area contributed by atoms with Crippen molar-refractivity contribution in [3.05, 3.63) is 107 Å². The number of imide groups is 1. The molecule has 0 unspecified atom stereocenters. The van der Waals surface area contributed by atoms with Crippen LogP contribution in [-0.2, 0) is 22.7 Å². The molecule has 0 spiro atoms. The third-order valence-electron chi connectivity index (χ3n) is 5.19. The molecule has 0 atom stereocenters. The molecule has 1 aromatic heterocycles. The Bertz CT molecular complexity index is 1090. The van der Waals surface area contributed by atoms with E-state index in [0.29, 0.717) is 17.8 Å². The molecule has 0 radical (unpaired) electrons. The lowest BCUT2D eigenvalue weighted by atomic mass is 10.0. The minimum Gasteiger partial charge on any atom is -0.365 e. The van der Waals surface area contributed by atoms with E-state index in [9.17, 15) is 9.59 Å². The highest BCUT2D eigenvalue weighted by Gasteiger charge is 2.40. The predicted molar refractivity (Wildman–Crippen MR) is 116 cm³/mol. The van der Waals surface area contributed by atoms with Gasteiger partial charge in [0.25, 0.3) is 11.8 Å². The summed E-state index contributed by atoms with van der Waals surface area (Å²) in [6, 6.07) is 21.3. The van der Waals surface area contributed by atoms with Crippen molar-refractivity contribution in [3.63, 3.8) is 0 Å². The highest BCUT2D eigenvalue weighted by molar-refractivity contribution is 6.35. The molecule has 2 heterocycles. The normalized spacial score (nSPS) is 13.9. The van der Waals surface area contributed by atoms with Crippen LogP contribution in [0.4, 0.5) is 0 Å². The molecule has 150 valence electrons. The van der Waals surface area contributed by atoms with Crippen molar-refractivity contribution in [2.75, 3.05) is 7.05 Å². The van der Waals surface area contributed by atoms with Crippen molar-refractivity contribution in [2.24, 2.45) is 0 Å². The third-order valence-corrected chi connectivity index (χ3v) is 5.19. The molecule has 5 nitrogen and oxygen atoms in total. The number of likely N-dealkylation sites (N-methyl/N-ethyl adjacent to an activating group) is 1. The van der Waals surface area contributed by atoms with Crippen molar-refractivity contribution in [2.45, 2.75) is 20.0 Å². The van der Waals surface area contributed by atoms with Gasteiger partial charge < -0.3 is 4.90 Å². The largest absolute Gasteiger partial charge is 0.365 e. The highest BCUT2D eigenvalue weighted by Crippen LogP contribution is 2.32. The smallest absolute Gasteiger partial charge is 0.278 e. The summed E-state index contributed by atoms with van der Waals surface area (Å²) in [5.41, 5.74) is 4.61. The zero-order valence-electron chi connectivity index (χ0n) is 17.1. The van der Waals surface area contributed by atoms with E-state index in [1.165, 1.54) is 4.90 Å². The van der Waals surface area contributed by atoms with Crippen LogP contribution < -0.4 is 0 Å². The summed E-state index contributed by atoms with van der Waals surface area (Å²) < 4.78 is 0. The Morgan fingerprint density at radius 3 is 2.23 bits per heavy atom. The lowest BCUT2D eigenvalue weighted by Gasteiger charge is -2.21. The monoisotopic (exact) mass is 397 g/mol. The van der Waals surface area contributed by atoms with Gasteiger partial charge in [0, 0.05) is 26.0 Å². The van der Waals surface area contributed by atoms with Gasteiger partial charge >= 0.3 is 0 Å². The van der Waals surface area contributed by atoms with Gasteiger partial charge in [-0.2, -0.15) is 0 Å². The topological polar surface area (TPSA) is 53.5 Å². The van der Waals surface area contributed by atoms with Crippen LogP contribution in [0.25, 0.3) is 5.57 Å². The van der Waals surface area contributed by atoms with E-state index in [2.05, 4.69) is 4.98 Å². The van der Waals surface area contributed by atoms with Crippen LogP contribution in [0.5, 0.6) is 0 Å². The Morgan fingerprint density at radius 1 is 0.867 bits per heavy atom. The van der Waals surface area contributed by atoms with Gasteiger partial charge in [-0.15, -0.1) is 0 Å². The number of amides is 2. The molecule has 4 rings (SSSR count). The first-order chi connectivity index (χ1) is 14.5. The molecular weight excluding hydrogens is 374 g/mol. The minimum absolute atomic E-state index is 0.198. The number of benzene rings is 2. The molecule has 0 saturated heterocycles. The van der Waals surface area contributed by atoms with Gasteiger partial charge in [0.1, 0.15) is 5.70 Å². The van der Waals surface area contributed by atoms with Crippen molar-refractivity contribution in [1.82, 2.24) is 14.8 Å². The van der Waals surface area contributed by atoms with Gasteiger partial charge in [-0.1, -0.05) is 66.2 Å². The molecule has 3 aromatic rings. The minimum atomic E-state index is -0.280. The zero-order chi connectivity index (χ0) is 21.1. The van der Waals surface area contributed by atoms with E-state index < -0.39 is 0 Å². The summed E-state index contributed by atoms with van der Waals surface area (Å²) in [6.07, 6.45) is 3.35. The Balaban J connectivity index is 1.72. The number of aromatic nitrogens is 1. The number of carbonyl (C=O) groups excluding carboxylic acids is 2. The third kappa shape index (κ3) is 3.87. The Hall–Kier alpha value is -3.73. The van der Waals surface area contributed by atoms with Gasteiger partial charge in [0.2, 0.25) is 0 Å². The van der Waals surface area contributed by atoms with Crippen molar-refractivity contribution in [1.29, 1.82) is 0 Å². The van der Waals surface area contributed by atoms with Crippen LogP contribution >= 0.6 is 0 Å². The Labute approximate surface area is 176 Å². The summed E-state index contributed by atoms with van der Waals surface area (Å²) in [7, 11) is 1.86. The SMILES string of the molecule is Cc1ccc(C2=C(N(C)Cc3ccccc3)C(=O)N(Cc3cccnc3)C2=O)cc1. The Morgan fingerprint density at radius 2 is 1.57 bits per heavy atom. The molecule has 0 bridgehead atoms. The van der Waals surface area contributed by atoms with E-state index >= 15 is 0 Å². The molecule has 1 aliphatic heterocycles. The van der Waals surface area contributed by atoms with Gasteiger partial charge in [-0.3, -0.25) is 19.5 Å². The molecule has 2 amide bonds. The molecular formula is C25H23N3O2. The van der Waals surface area contributed by atoms with Crippen LogP contribution in [0.3, 0.4) is 0 Å². The summed E-state index contributed by atoms with van der Waals surface area (Å²) in [5, 5.41) is 0. The number of carbonyl (C=O) groups is 2. The fourth-order valence-corrected chi connectivity index (χ4v) is 3.65. The molecule has 0 saturated carbocycles. The van der Waals surface area contributed by atoms with Gasteiger partial charge in [-0.05, 0) is 29.7 Å². The zero-order valence-corrected chi connectivity index (χ0v) is 17.1. The first kappa shape index (κ1) is 19.6. The van der Waals surface area contributed by atoms with Crippen molar-refractivity contribution < 1.29 is 9.59 Å². The summed E-state index contributed by atoms with van der Waals surface area (Å²) in [6.45, 7) is 2.73. The van der Waals surface area contributed by atoms with Crippen LogP contribution in [-0.4, -0.2) is 33.6 Å². The second-order valence-corrected chi connectivity index (χ2v) is 7.49. The van der Waals surface area contributed by atoms with Gasteiger partial charge in [0.15, 0.2) is 0 Å². The molecule has 0 aliphatic carbocycles. The van der Waals surface area contributed by atoms with Crippen LogP contribution in [0.1, 0.15) is 22.3 Å². The van der Waals surface area contributed by atoms with E-state index in [4.69, 9.17) is 0 Å². The van der Waals surface area contributed by atoms with Crippen LogP contribution in [0, 0.1) is 6.92 Å². The fourth-order valence-electron chi connectivity index (χ4n) is 3.65. The van der Waals surface area contributed by atoms with Crippen LogP contribution in [0.2, 0.25) is 0 Å². The van der Waals surface area contributed by atoms with E-state index in [0.717, 1.165) is 22.3 Å². The number of nitrogens with zero attached hydrogens (tertiary/aromatic N) is 3. The molecule has 1 aliphatic rings. The predicted octanol–water partition coefficient (Wildman–Crippen LogP) is 3.80. The number of pyridine rings is 1. The van der Waals surface area contributed by atoms with E-state index in [1.54, 1.807) is 18.5 Å². The van der Waals surface area contributed by atoms with E-state index in [-0.39, 0.29) is 18.4 Å². The fraction of sp³-hybridized carbons (Fsp3) is 0.160. The number of rotatable bonds is 6. The van der Waals surface area contributed by atoms with Crippen molar-refractivity contribution in [3.8, 4) is 0 Å². The average molecular weight is 397 g/mol. The average Bonchev–Trinajstić information content (AvgIpc) is 3.00. The molecule has 2 aromatic carbocycles. The maximum atomic E-state index is 13.4. The maximum absolute atomic E-state index is 13.4. The maximum Gasteiger partial charge on any atom is 0.278 e. The van der Waals surface area contributed by atoms with Gasteiger partial charge in [-0.25, -0.2) is 0 Å². The second kappa shape index (κ2) is 8.33. The molecule has 5 heteroatoms. The number of hydrogen-bond acceptors (Lipinski definition) is 4. The highest BCUT2D eigenvalue weighted by atomic mass is 16.2. The lowest BCUT2D eigenvalue weighted by Crippen LogP contribution is -2.33. The molecule has 0 N–H and O–H groups in total. The Kier molecular flexibility index (Phi) is 5.44. The second-order valence-electron chi connectivity index (χ2n) is 7.49. The molecule has 30 heavy (non-hydrogen) atoms. The first-order valence-corrected chi connectivity index (χ1v) is 9.86. The summed E-state index contributed by atoms with van der Waals surface area (Å²) in [4.78, 5) is 34.0. The summed E-state index contributed by atoms with van der Waals surface area (Å²) in [5.74, 6) is -0.555. The number of hydrogen-bond donors (Lipinski definition) is 0. The van der Waals surface area contributed by atoms with Crippen LogP contribution in [0.15, 0.2) is 84.8 Å². The first-order valence-electron chi connectivity index (χ1n) is 9.86.